The van der Waals surface area contributed by atoms with E-state index in [2.05, 4.69) is 56.4 Å². The van der Waals surface area contributed by atoms with Gasteiger partial charge in [-0.15, -0.1) is 0 Å². The third kappa shape index (κ3) is 5.99. The van der Waals surface area contributed by atoms with Crippen molar-refractivity contribution in [1.82, 2.24) is 15.1 Å². The Morgan fingerprint density at radius 3 is 2.48 bits per heavy atom. The van der Waals surface area contributed by atoms with Crippen LogP contribution in [0.15, 0.2) is 54.6 Å². The van der Waals surface area contributed by atoms with Crippen molar-refractivity contribution in [2.75, 3.05) is 57.3 Å². The van der Waals surface area contributed by atoms with E-state index in [0.29, 0.717) is 13.2 Å². The number of amides is 1. The molecule has 2 fully saturated rings. The average molecular weight is 423 g/mol. The molecule has 0 unspecified atom stereocenters. The monoisotopic (exact) mass is 422 g/mol. The molecular formula is C25H34N4O2. The Morgan fingerprint density at radius 1 is 0.968 bits per heavy atom. The van der Waals surface area contributed by atoms with Gasteiger partial charge < -0.3 is 15.0 Å². The van der Waals surface area contributed by atoms with Gasteiger partial charge in [0.25, 0.3) is 0 Å². The zero-order chi connectivity index (χ0) is 21.5. The molecule has 2 heterocycles. The number of piperazine rings is 1. The SMILES string of the molecule is CCOc1ccccc1N1CCN(CC(=O)N[C@H]2CCN(Cc3ccccc3)C2)CC1. The van der Waals surface area contributed by atoms with Crippen molar-refractivity contribution in [2.24, 2.45) is 0 Å². The minimum absolute atomic E-state index is 0.148. The van der Waals surface area contributed by atoms with E-state index >= 15 is 0 Å². The number of likely N-dealkylation sites (tertiary alicyclic amines) is 1. The smallest absolute Gasteiger partial charge is 0.234 e. The fourth-order valence-corrected chi connectivity index (χ4v) is 4.55. The molecule has 6 heteroatoms. The van der Waals surface area contributed by atoms with Crippen molar-refractivity contribution in [3.8, 4) is 5.75 Å². The normalized spacial score (nSPS) is 20.0. The molecule has 1 amide bonds. The molecule has 0 saturated carbocycles. The highest BCUT2D eigenvalue weighted by Crippen LogP contribution is 2.28. The van der Waals surface area contributed by atoms with Gasteiger partial charge in [0.15, 0.2) is 0 Å². The maximum atomic E-state index is 12.6. The van der Waals surface area contributed by atoms with E-state index in [1.165, 1.54) is 5.56 Å². The molecule has 0 radical (unpaired) electrons. The Labute approximate surface area is 185 Å². The Bertz CT molecular complexity index is 836. The van der Waals surface area contributed by atoms with Gasteiger partial charge in [-0.2, -0.15) is 0 Å². The first-order valence-corrected chi connectivity index (χ1v) is 11.5. The van der Waals surface area contributed by atoms with E-state index in [1.54, 1.807) is 0 Å². The summed E-state index contributed by atoms with van der Waals surface area (Å²) in [6.45, 7) is 9.68. The molecule has 2 aromatic carbocycles. The van der Waals surface area contributed by atoms with Crippen molar-refractivity contribution in [2.45, 2.75) is 25.9 Å². The number of benzene rings is 2. The lowest BCUT2D eigenvalue weighted by Gasteiger charge is -2.36. The van der Waals surface area contributed by atoms with Crippen LogP contribution in [0.1, 0.15) is 18.9 Å². The second kappa shape index (κ2) is 10.6. The third-order valence-electron chi connectivity index (χ3n) is 6.13. The lowest BCUT2D eigenvalue weighted by atomic mass is 10.2. The lowest BCUT2D eigenvalue weighted by Crippen LogP contribution is -2.50. The molecule has 1 atom stereocenters. The summed E-state index contributed by atoms with van der Waals surface area (Å²) < 4.78 is 5.78. The van der Waals surface area contributed by atoms with Gasteiger partial charge in [0.1, 0.15) is 5.75 Å². The molecule has 0 spiro atoms. The van der Waals surface area contributed by atoms with Gasteiger partial charge in [-0.1, -0.05) is 42.5 Å². The summed E-state index contributed by atoms with van der Waals surface area (Å²) in [5.41, 5.74) is 2.48. The number of carbonyl (C=O) groups excluding carboxylic acids is 1. The first-order valence-electron chi connectivity index (χ1n) is 11.5. The number of nitrogens with one attached hydrogen (secondary N) is 1. The second-order valence-corrected chi connectivity index (χ2v) is 8.44. The van der Waals surface area contributed by atoms with Crippen LogP contribution in [-0.4, -0.2) is 74.2 Å². The number of para-hydroxylation sites is 2. The zero-order valence-electron chi connectivity index (χ0n) is 18.5. The Morgan fingerprint density at radius 2 is 1.71 bits per heavy atom. The first-order chi connectivity index (χ1) is 15.2. The topological polar surface area (TPSA) is 48.1 Å². The van der Waals surface area contributed by atoms with Crippen LogP contribution < -0.4 is 15.0 Å². The van der Waals surface area contributed by atoms with Crippen molar-refractivity contribution in [3.05, 3.63) is 60.2 Å². The van der Waals surface area contributed by atoms with E-state index in [9.17, 15) is 4.79 Å². The molecule has 2 aromatic rings. The summed E-state index contributed by atoms with van der Waals surface area (Å²) in [6.07, 6.45) is 1.03. The zero-order valence-corrected chi connectivity index (χ0v) is 18.5. The van der Waals surface area contributed by atoms with E-state index in [0.717, 1.165) is 63.7 Å². The van der Waals surface area contributed by atoms with Crippen LogP contribution in [0.5, 0.6) is 5.75 Å². The van der Waals surface area contributed by atoms with Crippen LogP contribution in [0.2, 0.25) is 0 Å². The largest absolute Gasteiger partial charge is 0.492 e. The number of nitrogens with zero attached hydrogens (tertiary/aromatic N) is 3. The van der Waals surface area contributed by atoms with Crippen LogP contribution in [0.4, 0.5) is 5.69 Å². The fourth-order valence-electron chi connectivity index (χ4n) is 4.55. The van der Waals surface area contributed by atoms with Crippen molar-refractivity contribution in [3.63, 3.8) is 0 Å². The molecule has 0 aromatic heterocycles. The molecule has 166 valence electrons. The van der Waals surface area contributed by atoms with Crippen LogP contribution in [-0.2, 0) is 11.3 Å². The van der Waals surface area contributed by atoms with Gasteiger partial charge in [0, 0.05) is 51.9 Å². The predicted octanol–water partition coefficient (Wildman–Crippen LogP) is 2.60. The van der Waals surface area contributed by atoms with Crippen molar-refractivity contribution in [1.29, 1.82) is 0 Å². The van der Waals surface area contributed by atoms with Crippen LogP contribution in [0, 0.1) is 0 Å². The maximum Gasteiger partial charge on any atom is 0.234 e. The summed E-state index contributed by atoms with van der Waals surface area (Å²) in [4.78, 5) is 19.7. The third-order valence-corrected chi connectivity index (χ3v) is 6.13. The lowest BCUT2D eigenvalue weighted by molar-refractivity contribution is -0.123. The molecule has 31 heavy (non-hydrogen) atoms. The van der Waals surface area contributed by atoms with Crippen LogP contribution >= 0.6 is 0 Å². The Balaban J connectivity index is 1.19. The number of hydrogen-bond acceptors (Lipinski definition) is 5. The summed E-state index contributed by atoms with van der Waals surface area (Å²) in [5.74, 6) is 1.09. The minimum atomic E-state index is 0.148. The molecule has 0 aliphatic carbocycles. The quantitative estimate of drug-likeness (QED) is 0.709. The van der Waals surface area contributed by atoms with Gasteiger partial charge >= 0.3 is 0 Å². The summed E-state index contributed by atoms with van der Waals surface area (Å²) in [7, 11) is 0. The number of carbonyl (C=O) groups is 1. The number of hydrogen-bond donors (Lipinski definition) is 1. The van der Waals surface area contributed by atoms with E-state index in [-0.39, 0.29) is 11.9 Å². The highest BCUT2D eigenvalue weighted by Gasteiger charge is 2.26. The van der Waals surface area contributed by atoms with E-state index in [4.69, 9.17) is 4.74 Å². The van der Waals surface area contributed by atoms with E-state index in [1.807, 2.05) is 25.1 Å². The van der Waals surface area contributed by atoms with Crippen LogP contribution in [0.25, 0.3) is 0 Å². The first kappa shape index (κ1) is 21.7. The summed E-state index contributed by atoms with van der Waals surface area (Å²) in [6, 6.07) is 19.0. The summed E-state index contributed by atoms with van der Waals surface area (Å²) in [5, 5.41) is 3.25. The maximum absolute atomic E-state index is 12.6. The second-order valence-electron chi connectivity index (χ2n) is 8.44. The predicted molar refractivity (Wildman–Crippen MR) is 125 cm³/mol. The molecule has 0 bridgehead atoms. The molecule has 1 N–H and O–H groups in total. The highest BCUT2D eigenvalue weighted by molar-refractivity contribution is 5.78. The Hall–Kier alpha value is -2.57. The minimum Gasteiger partial charge on any atom is -0.492 e. The number of anilines is 1. The molecule has 2 saturated heterocycles. The van der Waals surface area contributed by atoms with E-state index < -0.39 is 0 Å². The molecule has 4 rings (SSSR count). The fraction of sp³-hybridized carbons (Fsp3) is 0.480. The highest BCUT2D eigenvalue weighted by atomic mass is 16.5. The van der Waals surface area contributed by atoms with Gasteiger partial charge in [-0.05, 0) is 31.0 Å². The molecule has 2 aliphatic rings. The van der Waals surface area contributed by atoms with Gasteiger partial charge in [0.2, 0.25) is 5.91 Å². The van der Waals surface area contributed by atoms with Crippen molar-refractivity contribution >= 4 is 11.6 Å². The Kier molecular flexibility index (Phi) is 7.43. The number of ether oxygens (including phenoxy) is 1. The standard InChI is InChI=1S/C25H34N4O2/c1-2-31-24-11-7-6-10-23(24)29-16-14-27(15-17-29)20-25(30)26-22-12-13-28(19-22)18-21-8-4-3-5-9-21/h3-11,22H,2,12-20H2,1H3,(H,26,30)/t22-/m0/s1. The van der Waals surface area contributed by atoms with Gasteiger partial charge in [-0.25, -0.2) is 0 Å². The molecular weight excluding hydrogens is 388 g/mol. The van der Waals surface area contributed by atoms with Crippen molar-refractivity contribution < 1.29 is 9.53 Å². The summed E-state index contributed by atoms with van der Waals surface area (Å²) >= 11 is 0. The number of rotatable bonds is 8. The average Bonchev–Trinajstić information content (AvgIpc) is 3.22. The molecule has 6 nitrogen and oxygen atoms in total. The van der Waals surface area contributed by atoms with Gasteiger partial charge in [-0.3, -0.25) is 14.6 Å². The van der Waals surface area contributed by atoms with Gasteiger partial charge in [0.05, 0.1) is 18.8 Å². The molecule has 2 aliphatic heterocycles. The van der Waals surface area contributed by atoms with Crippen LogP contribution in [0.3, 0.4) is 0 Å².